The molecule has 2 aliphatic rings. The van der Waals surface area contributed by atoms with Gasteiger partial charge in [0.2, 0.25) is 0 Å². The maximum absolute atomic E-state index is 14.2. The molecule has 5 rings (SSSR count). The van der Waals surface area contributed by atoms with Crippen molar-refractivity contribution in [3.8, 4) is 0 Å². The van der Waals surface area contributed by atoms with E-state index >= 15 is 0 Å². The Morgan fingerprint density at radius 1 is 1.16 bits per heavy atom. The highest BCUT2D eigenvalue weighted by Gasteiger charge is 2.55. The number of fused-ring (bicyclic) bond motifs is 1. The van der Waals surface area contributed by atoms with Gasteiger partial charge in [0.05, 0.1) is 27.4 Å². The molecule has 0 radical (unpaired) electrons. The van der Waals surface area contributed by atoms with Crippen molar-refractivity contribution < 1.29 is 21.6 Å². The van der Waals surface area contributed by atoms with E-state index in [0.29, 0.717) is 22.6 Å². The van der Waals surface area contributed by atoms with Crippen molar-refractivity contribution in [1.82, 2.24) is 9.19 Å². The molecule has 1 spiro atoms. The zero-order chi connectivity index (χ0) is 22.2. The lowest BCUT2D eigenvalue weighted by Gasteiger charge is -2.24. The molecule has 1 aliphatic heterocycles. The molecule has 1 saturated heterocycles. The van der Waals surface area contributed by atoms with Crippen molar-refractivity contribution in [3.63, 3.8) is 0 Å². The number of nitrogens with zero attached hydrogens (tertiary/aromatic N) is 3. The monoisotopic (exact) mass is 469 g/mol. The molecule has 1 aliphatic carbocycles. The van der Waals surface area contributed by atoms with Crippen molar-refractivity contribution >= 4 is 38.3 Å². The Bertz CT molecular complexity index is 1280. The summed E-state index contributed by atoms with van der Waals surface area (Å²) in [4.78, 5) is 1.65. The average molecular weight is 470 g/mol. The highest BCUT2D eigenvalue weighted by atomic mass is 35.5. The van der Waals surface area contributed by atoms with Crippen LogP contribution in [0, 0.1) is 0 Å². The van der Waals surface area contributed by atoms with E-state index < -0.39 is 22.1 Å². The van der Waals surface area contributed by atoms with Gasteiger partial charge in [0.25, 0.3) is 15.9 Å². The first-order valence-corrected chi connectivity index (χ1v) is 11.7. The number of hydrogen-bond acceptors (Lipinski definition) is 4. The first-order chi connectivity index (χ1) is 14.5. The lowest BCUT2D eigenvalue weighted by atomic mass is 10.1. The minimum atomic E-state index is -4.20. The van der Waals surface area contributed by atoms with E-state index in [2.05, 4.69) is 5.10 Å². The summed E-state index contributed by atoms with van der Waals surface area (Å²) < 4.78 is 68.9. The normalized spacial score (nSPS) is 20.7. The second-order valence-corrected chi connectivity index (χ2v) is 10.5. The number of halogens is 4. The fourth-order valence-corrected chi connectivity index (χ4v) is 5.91. The molecular formula is C21H19ClF3N3O2S. The molecule has 1 saturated carbocycles. The van der Waals surface area contributed by atoms with Crippen LogP contribution in [0.5, 0.6) is 0 Å². The number of hydrogen-bond donors (Lipinski definition) is 0. The molecule has 10 heteroatoms. The Hall–Kier alpha value is -2.26. The summed E-state index contributed by atoms with van der Waals surface area (Å²) >= 11 is 6.42. The van der Waals surface area contributed by atoms with E-state index in [-0.39, 0.29) is 28.1 Å². The van der Waals surface area contributed by atoms with Gasteiger partial charge in [0.15, 0.2) is 5.82 Å². The standard InChI is InChI=1S/C21H19ClF3N3O2S/c1-20(24,25)13-5-7-15(8-6-13)31(29,30)28-17-4-2-3-16(22)18(17)19(26-28)27-12-14(23)11-21(27)9-10-21/h2-8,14H,9-12H2,1H3/t14-/m1/s1. The Morgan fingerprint density at radius 3 is 2.45 bits per heavy atom. The number of alkyl halides is 3. The third-order valence-corrected chi connectivity index (χ3v) is 8.05. The van der Waals surface area contributed by atoms with E-state index in [0.717, 1.165) is 48.1 Å². The van der Waals surface area contributed by atoms with E-state index in [9.17, 15) is 21.6 Å². The van der Waals surface area contributed by atoms with Crippen molar-refractivity contribution in [1.29, 1.82) is 0 Å². The number of benzene rings is 2. The lowest BCUT2D eigenvalue weighted by molar-refractivity contribution is 0.0174. The summed E-state index contributed by atoms with van der Waals surface area (Å²) in [5.41, 5.74) is -0.379. The number of rotatable bonds is 4. The zero-order valence-corrected chi connectivity index (χ0v) is 18.1. The predicted molar refractivity (Wildman–Crippen MR) is 112 cm³/mol. The molecule has 2 fully saturated rings. The minimum absolute atomic E-state index is 0.123. The fourth-order valence-electron chi connectivity index (χ4n) is 4.38. The van der Waals surface area contributed by atoms with Gasteiger partial charge >= 0.3 is 0 Å². The van der Waals surface area contributed by atoms with E-state index in [4.69, 9.17) is 11.6 Å². The molecule has 1 atom stereocenters. The van der Waals surface area contributed by atoms with Gasteiger partial charge in [0.1, 0.15) is 6.17 Å². The van der Waals surface area contributed by atoms with Crippen LogP contribution in [0.3, 0.4) is 0 Å². The third-order valence-electron chi connectivity index (χ3n) is 6.13. The molecule has 2 heterocycles. The molecule has 0 bridgehead atoms. The summed E-state index contributed by atoms with van der Waals surface area (Å²) in [6.45, 7) is 0.866. The molecule has 0 N–H and O–H groups in total. The average Bonchev–Trinajstić information content (AvgIpc) is 3.23. The van der Waals surface area contributed by atoms with Gasteiger partial charge in [-0.3, -0.25) is 0 Å². The molecule has 2 aromatic carbocycles. The highest BCUT2D eigenvalue weighted by molar-refractivity contribution is 7.90. The van der Waals surface area contributed by atoms with Crippen LogP contribution in [0.15, 0.2) is 47.4 Å². The van der Waals surface area contributed by atoms with Crippen LogP contribution in [0.25, 0.3) is 10.9 Å². The molecule has 5 nitrogen and oxygen atoms in total. The van der Waals surface area contributed by atoms with Gasteiger partial charge in [0, 0.05) is 24.4 Å². The smallest absolute Gasteiger partial charge is 0.283 e. The molecule has 1 aromatic heterocycles. The van der Waals surface area contributed by atoms with Crippen LogP contribution in [0.4, 0.5) is 19.0 Å². The first-order valence-electron chi connectivity index (χ1n) is 9.86. The van der Waals surface area contributed by atoms with Gasteiger partial charge in [-0.1, -0.05) is 29.8 Å². The molecule has 3 aromatic rings. The molecule has 164 valence electrons. The summed E-state index contributed by atoms with van der Waals surface area (Å²) in [7, 11) is -4.20. The quantitative estimate of drug-likeness (QED) is 0.532. The van der Waals surface area contributed by atoms with Crippen LogP contribution < -0.4 is 4.90 Å². The Balaban J connectivity index is 1.66. The van der Waals surface area contributed by atoms with Crippen LogP contribution >= 0.6 is 11.6 Å². The van der Waals surface area contributed by atoms with E-state index in [1.807, 2.05) is 4.90 Å². The third kappa shape index (κ3) is 3.20. The van der Waals surface area contributed by atoms with Crippen molar-refractivity contribution in [2.45, 2.75) is 48.7 Å². The van der Waals surface area contributed by atoms with Gasteiger partial charge in [-0.2, -0.15) is 12.5 Å². The maximum Gasteiger partial charge on any atom is 0.283 e. The summed E-state index contributed by atoms with van der Waals surface area (Å²) in [6.07, 6.45) is 0.979. The van der Waals surface area contributed by atoms with Gasteiger partial charge in [-0.05, 0) is 37.1 Å². The summed E-state index contributed by atoms with van der Waals surface area (Å²) in [5, 5.41) is 5.12. The summed E-state index contributed by atoms with van der Waals surface area (Å²) in [5.74, 6) is -2.75. The van der Waals surface area contributed by atoms with Crippen LogP contribution in [-0.4, -0.2) is 35.9 Å². The topological polar surface area (TPSA) is 55.2 Å². The second-order valence-electron chi connectivity index (χ2n) is 8.35. The molecule has 0 amide bonds. The molecular weight excluding hydrogens is 451 g/mol. The van der Waals surface area contributed by atoms with E-state index in [1.54, 1.807) is 18.2 Å². The number of anilines is 1. The maximum atomic E-state index is 14.2. The molecule has 31 heavy (non-hydrogen) atoms. The van der Waals surface area contributed by atoms with E-state index in [1.165, 1.54) is 0 Å². The zero-order valence-electron chi connectivity index (χ0n) is 16.5. The largest absolute Gasteiger partial charge is 0.346 e. The Morgan fingerprint density at radius 2 is 1.84 bits per heavy atom. The van der Waals surface area contributed by atoms with Gasteiger partial charge in [-0.15, -0.1) is 5.10 Å². The number of aromatic nitrogens is 2. The van der Waals surface area contributed by atoms with Crippen LogP contribution in [-0.2, 0) is 15.9 Å². The minimum Gasteiger partial charge on any atom is -0.346 e. The van der Waals surface area contributed by atoms with Crippen molar-refractivity contribution in [2.75, 3.05) is 11.4 Å². The Labute approximate surface area is 182 Å². The fraction of sp³-hybridized carbons (Fsp3) is 0.381. The Kier molecular flexibility index (Phi) is 4.41. The molecule has 0 unspecified atom stereocenters. The predicted octanol–water partition coefficient (Wildman–Crippen LogP) is 5.12. The summed E-state index contributed by atoms with van der Waals surface area (Å²) in [6, 6.07) is 9.25. The second kappa shape index (κ2) is 6.62. The first kappa shape index (κ1) is 20.6. The SMILES string of the molecule is CC(F)(F)c1ccc(S(=O)(=O)n2nc(N3C[C@H](F)CC34CC4)c3c(Cl)cccc32)cc1. The van der Waals surface area contributed by atoms with Crippen LogP contribution in [0.1, 0.15) is 31.7 Å². The highest BCUT2D eigenvalue weighted by Crippen LogP contribution is 2.53. The van der Waals surface area contributed by atoms with Crippen molar-refractivity contribution in [2.24, 2.45) is 0 Å². The van der Waals surface area contributed by atoms with Crippen molar-refractivity contribution in [3.05, 3.63) is 53.1 Å². The lowest BCUT2D eigenvalue weighted by Crippen LogP contribution is -2.32. The van der Waals surface area contributed by atoms with Crippen LogP contribution in [0.2, 0.25) is 5.02 Å². The van der Waals surface area contributed by atoms with Gasteiger partial charge < -0.3 is 4.90 Å². The van der Waals surface area contributed by atoms with Gasteiger partial charge in [-0.25, -0.2) is 13.2 Å².